The summed E-state index contributed by atoms with van der Waals surface area (Å²) in [5, 5.41) is 3.06. The normalized spacial score (nSPS) is 14.9. The van der Waals surface area contributed by atoms with Crippen molar-refractivity contribution in [2.24, 2.45) is 0 Å². The average molecular weight is 502 g/mol. The van der Waals surface area contributed by atoms with E-state index in [2.05, 4.69) is 5.32 Å². The van der Waals surface area contributed by atoms with E-state index in [4.69, 9.17) is 4.74 Å². The number of rotatable bonds is 10. The first-order valence-electron chi connectivity index (χ1n) is 11.9. The van der Waals surface area contributed by atoms with Crippen LogP contribution in [0.3, 0.4) is 0 Å². The monoisotopic (exact) mass is 501 g/mol. The molecule has 2 amide bonds. The van der Waals surface area contributed by atoms with Crippen LogP contribution < -0.4 is 14.4 Å². The molecular formula is C26H35N3O5S. The van der Waals surface area contributed by atoms with Crippen LogP contribution in [0, 0.1) is 6.92 Å². The van der Waals surface area contributed by atoms with E-state index in [1.807, 2.05) is 31.2 Å². The lowest BCUT2D eigenvalue weighted by Gasteiger charge is -2.32. The highest BCUT2D eigenvalue weighted by Gasteiger charge is 2.32. The molecule has 0 spiro atoms. The Balaban J connectivity index is 1.91. The molecule has 1 saturated carbocycles. The van der Waals surface area contributed by atoms with Crippen LogP contribution in [0.15, 0.2) is 48.5 Å². The molecule has 1 unspecified atom stereocenters. The number of hydrogen-bond acceptors (Lipinski definition) is 5. The SMILES string of the molecule is COc1ccccc1N(CC(=O)N(Cc1ccccc1C)C(C)C(=O)NC1CCCC1)S(C)(=O)=O. The maximum atomic E-state index is 13.7. The van der Waals surface area contributed by atoms with E-state index in [-0.39, 0.29) is 24.2 Å². The molecule has 8 nitrogen and oxygen atoms in total. The second-order valence-electron chi connectivity index (χ2n) is 9.06. The number of aryl methyl sites for hydroxylation is 1. The Morgan fingerprint density at radius 1 is 1.09 bits per heavy atom. The Hall–Kier alpha value is -3.07. The zero-order valence-corrected chi connectivity index (χ0v) is 21.7. The summed E-state index contributed by atoms with van der Waals surface area (Å²) in [5.74, 6) is -0.371. The van der Waals surface area contributed by atoms with Crippen molar-refractivity contribution in [3.8, 4) is 5.75 Å². The minimum Gasteiger partial charge on any atom is -0.495 e. The molecular weight excluding hydrogens is 466 g/mol. The zero-order chi connectivity index (χ0) is 25.6. The Labute approximate surface area is 208 Å². The van der Waals surface area contributed by atoms with Gasteiger partial charge in [0.05, 0.1) is 19.1 Å². The van der Waals surface area contributed by atoms with Gasteiger partial charge in [0.25, 0.3) is 0 Å². The minimum absolute atomic E-state index is 0.112. The molecule has 0 radical (unpaired) electrons. The average Bonchev–Trinajstić information content (AvgIpc) is 3.33. The summed E-state index contributed by atoms with van der Waals surface area (Å²) in [4.78, 5) is 28.2. The summed E-state index contributed by atoms with van der Waals surface area (Å²) in [6.07, 6.45) is 5.06. The molecule has 0 saturated heterocycles. The summed E-state index contributed by atoms with van der Waals surface area (Å²) in [5.41, 5.74) is 2.15. The predicted octanol–water partition coefficient (Wildman–Crippen LogP) is 3.25. The van der Waals surface area contributed by atoms with Crippen LogP contribution in [0.5, 0.6) is 5.75 Å². The van der Waals surface area contributed by atoms with Crippen LogP contribution in [0.1, 0.15) is 43.7 Å². The summed E-state index contributed by atoms with van der Waals surface area (Å²) in [6.45, 7) is 3.37. The maximum absolute atomic E-state index is 13.7. The number of para-hydroxylation sites is 2. The van der Waals surface area contributed by atoms with Crippen LogP contribution in [0.25, 0.3) is 0 Å². The lowest BCUT2D eigenvalue weighted by Crippen LogP contribution is -2.52. The standard InChI is InChI=1S/C26H35N3O5S/c1-19-11-5-6-12-21(19)17-28(20(2)26(31)27-22-13-7-8-14-22)25(30)18-29(35(4,32)33)23-15-9-10-16-24(23)34-3/h5-6,9-12,15-16,20,22H,7-8,13-14,17-18H2,1-4H3,(H,27,31). The number of ether oxygens (including phenoxy) is 1. The highest BCUT2D eigenvalue weighted by Crippen LogP contribution is 2.29. The summed E-state index contributed by atoms with van der Waals surface area (Å²) in [7, 11) is -2.37. The quantitative estimate of drug-likeness (QED) is 0.539. The third-order valence-corrected chi connectivity index (χ3v) is 7.63. The molecule has 1 atom stereocenters. The van der Waals surface area contributed by atoms with E-state index in [9.17, 15) is 18.0 Å². The van der Waals surface area contributed by atoms with Gasteiger partial charge in [-0.25, -0.2) is 8.42 Å². The fourth-order valence-corrected chi connectivity index (χ4v) is 5.23. The molecule has 2 aromatic rings. The zero-order valence-electron chi connectivity index (χ0n) is 20.9. The van der Waals surface area contributed by atoms with E-state index in [1.54, 1.807) is 31.2 Å². The first-order valence-corrected chi connectivity index (χ1v) is 13.7. The largest absolute Gasteiger partial charge is 0.495 e. The second-order valence-corrected chi connectivity index (χ2v) is 11.0. The molecule has 35 heavy (non-hydrogen) atoms. The van der Waals surface area contributed by atoms with Crippen LogP contribution in [0.4, 0.5) is 5.69 Å². The smallest absolute Gasteiger partial charge is 0.244 e. The van der Waals surface area contributed by atoms with Gasteiger partial charge in [-0.3, -0.25) is 13.9 Å². The van der Waals surface area contributed by atoms with E-state index >= 15 is 0 Å². The van der Waals surface area contributed by atoms with Crippen LogP contribution >= 0.6 is 0 Å². The summed E-state index contributed by atoms with van der Waals surface area (Å²) in [6, 6.07) is 13.6. The van der Waals surface area contributed by atoms with Gasteiger partial charge in [0.1, 0.15) is 18.3 Å². The fourth-order valence-electron chi connectivity index (χ4n) is 4.38. The molecule has 1 aliphatic rings. The third kappa shape index (κ3) is 6.75. The number of benzene rings is 2. The highest BCUT2D eigenvalue weighted by molar-refractivity contribution is 7.92. The summed E-state index contributed by atoms with van der Waals surface area (Å²) < 4.78 is 31.8. The Bertz CT molecular complexity index is 1150. The number of nitrogens with zero attached hydrogens (tertiary/aromatic N) is 2. The number of hydrogen-bond donors (Lipinski definition) is 1. The van der Waals surface area contributed by atoms with Gasteiger partial charge < -0.3 is 15.0 Å². The number of methoxy groups -OCH3 is 1. The molecule has 0 bridgehead atoms. The number of amides is 2. The molecule has 9 heteroatoms. The van der Waals surface area contributed by atoms with E-state index in [1.165, 1.54) is 12.0 Å². The molecule has 2 aromatic carbocycles. The Kier molecular flexibility index (Phi) is 8.77. The maximum Gasteiger partial charge on any atom is 0.244 e. The molecule has 1 N–H and O–H groups in total. The van der Waals surface area contributed by atoms with Crippen LogP contribution in [-0.2, 0) is 26.2 Å². The van der Waals surface area contributed by atoms with Gasteiger partial charge in [-0.2, -0.15) is 0 Å². The van der Waals surface area contributed by atoms with Gasteiger partial charge in [0, 0.05) is 12.6 Å². The highest BCUT2D eigenvalue weighted by atomic mass is 32.2. The van der Waals surface area contributed by atoms with E-state index < -0.39 is 28.5 Å². The molecule has 0 heterocycles. The lowest BCUT2D eigenvalue weighted by atomic mass is 10.1. The van der Waals surface area contributed by atoms with Crippen LogP contribution in [-0.4, -0.2) is 57.1 Å². The number of carbonyl (C=O) groups is 2. The van der Waals surface area contributed by atoms with Crippen LogP contribution in [0.2, 0.25) is 0 Å². The van der Waals surface area contributed by atoms with Crippen molar-refractivity contribution in [3.63, 3.8) is 0 Å². The van der Waals surface area contributed by atoms with Crippen molar-refractivity contribution in [2.75, 3.05) is 24.2 Å². The van der Waals surface area contributed by atoms with Gasteiger partial charge in [-0.1, -0.05) is 49.2 Å². The van der Waals surface area contributed by atoms with Gasteiger partial charge in [-0.05, 0) is 49.9 Å². The van der Waals surface area contributed by atoms with Gasteiger partial charge in [0.15, 0.2) is 0 Å². The molecule has 3 rings (SSSR count). The topological polar surface area (TPSA) is 96.0 Å². The van der Waals surface area contributed by atoms with Gasteiger partial charge in [0.2, 0.25) is 21.8 Å². The molecule has 0 aliphatic heterocycles. The van der Waals surface area contributed by atoms with E-state index in [0.29, 0.717) is 5.75 Å². The Morgan fingerprint density at radius 2 is 1.71 bits per heavy atom. The fraction of sp³-hybridized carbons (Fsp3) is 0.462. The molecule has 1 fully saturated rings. The van der Waals surface area contributed by atoms with Crippen molar-refractivity contribution in [3.05, 3.63) is 59.7 Å². The van der Waals surface area contributed by atoms with E-state index in [0.717, 1.165) is 47.4 Å². The number of anilines is 1. The first kappa shape index (κ1) is 26.5. The third-order valence-electron chi connectivity index (χ3n) is 6.50. The molecule has 190 valence electrons. The van der Waals surface area contributed by atoms with Crippen molar-refractivity contribution >= 4 is 27.5 Å². The van der Waals surface area contributed by atoms with Crippen molar-refractivity contribution in [1.29, 1.82) is 0 Å². The summed E-state index contributed by atoms with van der Waals surface area (Å²) >= 11 is 0. The molecule has 0 aromatic heterocycles. The predicted molar refractivity (Wildman–Crippen MR) is 137 cm³/mol. The van der Waals surface area contributed by atoms with Crippen molar-refractivity contribution in [1.82, 2.24) is 10.2 Å². The number of carbonyl (C=O) groups excluding carboxylic acids is 2. The second kappa shape index (κ2) is 11.6. The number of nitrogens with one attached hydrogen (secondary N) is 1. The van der Waals surface area contributed by atoms with Gasteiger partial charge >= 0.3 is 0 Å². The Morgan fingerprint density at radius 3 is 2.34 bits per heavy atom. The van der Waals surface area contributed by atoms with Gasteiger partial charge in [-0.15, -0.1) is 0 Å². The minimum atomic E-state index is -3.82. The molecule has 1 aliphatic carbocycles. The lowest BCUT2D eigenvalue weighted by molar-refractivity contribution is -0.139. The number of sulfonamides is 1. The van der Waals surface area contributed by atoms with Crippen molar-refractivity contribution in [2.45, 2.75) is 58.2 Å². The van der Waals surface area contributed by atoms with Crippen molar-refractivity contribution < 1.29 is 22.7 Å². The first-order chi connectivity index (χ1) is 16.6.